The minimum atomic E-state index is 0.428. The third kappa shape index (κ3) is 1.54. The zero-order chi connectivity index (χ0) is 12.0. The van der Waals surface area contributed by atoms with Gasteiger partial charge in [-0.1, -0.05) is 65.8 Å². The molecule has 1 atom stereocenters. The molecule has 0 heterocycles. The van der Waals surface area contributed by atoms with E-state index in [1.54, 1.807) is 0 Å². The Morgan fingerprint density at radius 2 is 1.76 bits per heavy atom. The van der Waals surface area contributed by atoms with Gasteiger partial charge in [-0.25, -0.2) is 0 Å². The fourth-order valence-electron chi connectivity index (χ4n) is 2.74. The number of rotatable bonds is 1. The minimum Gasteiger partial charge on any atom is -0.0791 e. The van der Waals surface area contributed by atoms with Crippen molar-refractivity contribution in [2.75, 3.05) is 0 Å². The van der Waals surface area contributed by atoms with E-state index >= 15 is 0 Å². The first-order valence-electron chi connectivity index (χ1n) is 5.89. The summed E-state index contributed by atoms with van der Waals surface area (Å²) >= 11 is 5.63. The van der Waals surface area contributed by atoms with E-state index in [2.05, 4.69) is 50.3 Å². The van der Waals surface area contributed by atoms with Crippen molar-refractivity contribution in [2.24, 2.45) is 5.92 Å². The van der Waals surface area contributed by atoms with Crippen molar-refractivity contribution in [1.82, 2.24) is 0 Å². The molecule has 0 spiro atoms. The summed E-state index contributed by atoms with van der Waals surface area (Å²) in [6, 6.07) is 10.5. The fraction of sp³-hybridized carbons (Fsp3) is 0.188. The van der Waals surface area contributed by atoms with E-state index < -0.39 is 0 Å². The smallest absolute Gasteiger partial charge is 0.0496 e. The summed E-state index contributed by atoms with van der Waals surface area (Å²) in [7, 11) is 0. The van der Waals surface area contributed by atoms with Gasteiger partial charge in [0.05, 0.1) is 0 Å². The van der Waals surface area contributed by atoms with Crippen LogP contribution in [-0.2, 0) is 0 Å². The van der Waals surface area contributed by atoms with Crippen LogP contribution in [0.25, 0.3) is 5.57 Å². The van der Waals surface area contributed by atoms with Crippen molar-refractivity contribution in [3.8, 4) is 0 Å². The average Bonchev–Trinajstić information content (AvgIpc) is 2.81. The maximum absolute atomic E-state index is 5.63. The van der Waals surface area contributed by atoms with Crippen LogP contribution in [0.1, 0.15) is 19.4 Å². The summed E-state index contributed by atoms with van der Waals surface area (Å²) in [4.78, 5) is 1.03. The van der Waals surface area contributed by atoms with Crippen molar-refractivity contribution in [1.29, 1.82) is 0 Å². The molecule has 0 fully saturated rings. The molecule has 0 saturated carbocycles. The van der Waals surface area contributed by atoms with Gasteiger partial charge in [0.15, 0.2) is 0 Å². The molecule has 0 amide bonds. The molecule has 17 heavy (non-hydrogen) atoms. The molecule has 3 rings (SSSR count). The standard InChI is InChI=1S/C16H14S/c1-10-8-13-11(2)15(16(17)14(13)9-10)12-6-4-3-5-7-12/h3-9,13H,1-2H3. The molecule has 0 nitrogen and oxygen atoms in total. The largest absolute Gasteiger partial charge is 0.0791 e. The Morgan fingerprint density at radius 1 is 1.06 bits per heavy atom. The molecule has 2 aliphatic rings. The third-order valence-corrected chi connectivity index (χ3v) is 4.00. The second-order valence-corrected chi connectivity index (χ2v) is 5.15. The second-order valence-electron chi connectivity index (χ2n) is 4.74. The van der Waals surface area contributed by atoms with E-state index in [4.69, 9.17) is 12.2 Å². The molecule has 1 unspecified atom stereocenters. The highest BCUT2D eigenvalue weighted by Gasteiger charge is 2.33. The Bertz CT molecular complexity index is 585. The van der Waals surface area contributed by atoms with Crippen LogP contribution in [0.3, 0.4) is 0 Å². The van der Waals surface area contributed by atoms with Gasteiger partial charge < -0.3 is 0 Å². The molecule has 0 aliphatic heterocycles. The first-order chi connectivity index (χ1) is 8.18. The molecule has 0 aromatic heterocycles. The first-order valence-corrected chi connectivity index (χ1v) is 6.30. The SMILES string of the molecule is CC1=CC2C(=C1)C(=S)C(c1ccccc1)=C2C. The van der Waals surface area contributed by atoms with Gasteiger partial charge in [-0.3, -0.25) is 0 Å². The van der Waals surface area contributed by atoms with Gasteiger partial charge in [-0.2, -0.15) is 0 Å². The van der Waals surface area contributed by atoms with Crippen molar-refractivity contribution < 1.29 is 0 Å². The Kier molecular flexibility index (Phi) is 2.37. The van der Waals surface area contributed by atoms with Crippen LogP contribution < -0.4 is 0 Å². The Morgan fingerprint density at radius 3 is 2.41 bits per heavy atom. The molecule has 0 bridgehead atoms. The predicted molar refractivity (Wildman–Crippen MR) is 77.0 cm³/mol. The van der Waals surface area contributed by atoms with Crippen LogP contribution in [-0.4, -0.2) is 4.86 Å². The summed E-state index contributed by atoms with van der Waals surface area (Å²) in [6.45, 7) is 4.35. The maximum Gasteiger partial charge on any atom is 0.0496 e. The molecule has 0 saturated heterocycles. The third-order valence-electron chi connectivity index (χ3n) is 3.56. The zero-order valence-electron chi connectivity index (χ0n) is 10.0. The van der Waals surface area contributed by atoms with Gasteiger partial charge in [0, 0.05) is 10.8 Å². The quantitative estimate of drug-likeness (QED) is 0.656. The Balaban J connectivity index is 2.14. The van der Waals surface area contributed by atoms with Crippen molar-refractivity contribution in [2.45, 2.75) is 13.8 Å². The van der Waals surface area contributed by atoms with E-state index in [0.717, 1.165) is 4.86 Å². The van der Waals surface area contributed by atoms with Crippen LogP contribution >= 0.6 is 12.2 Å². The van der Waals surface area contributed by atoms with Gasteiger partial charge in [0.25, 0.3) is 0 Å². The lowest BCUT2D eigenvalue weighted by Crippen LogP contribution is -1.97. The summed E-state index contributed by atoms with van der Waals surface area (Å²) in [5.74, 6) is 0.428. The lowest BCUT2D eigenvalue weighted by Gasteiger charge is -2.05. The van der Waals surface area contributed by atoms with Crippen molar-refractivity contribution >= 4 is 22.7 Å². The number of hydrogen-bond acceptors (Lipinski definition) is 1. The molecule has 84 valence electrons. The summed E-state index contributed by atoms with van der Waals surface area (Å²) < 4.78 is 0. The lowest BCUT2D eigenvalue weighted by atomic mass is 9.99. The minimum absolute atomic E-state index is 0.428. The zero-order valence-corrected chi connectivity index (χ0v) is 10.8. The molecular formula is C16H14S. The number of allylic oxidation sites excluding steroid dienone is 6. The van der Waals surface area contributed by atoms with Gasteiger partial charge in [0.2, 0.25) is 0 Å². The summed E-state index contributed by atoms with van der Waals surface area (Å²) in [5.41, 5.74) is 6.55. The molecule has 1 aromatic rings. The van der Waals surface area contributed by atoms with E-state index in [1.165, 1.54) is 27.9 Å². The molecule has 1 aromatic carbocycles. The van der Waals surface area contributed by atoms with Crippen molar-refractivity contribution in [3.05, 3.63) is 64.8 Å². The average molecular weight is 238 g/mol. The van der Waals surface area contributed by atoms with E-state index in [9.17, 15) is 0 Å². The lowest BCUT2D eigenvalue weighted by molar-refractivity contribution is 0.980. The Hall–Kier alpha value is -1.47. The first kappa shape index (κ1) is 10.7. The summed E-state index contributed by atoms with van der Waals surface area (Å²) in [5, 5.41) is 0. The molecule has 1 heteroatoms. The number of benzene rings is 1. The van der Waals surface area contributed by atoms with Gasteiger partial charge >= 0.3 is 0 Å². The summed E-state index contributed by atoms with van der Waals surface area (Å²) in [6.07, 6.45) is 4.54. The Labute approximate surface area is 107 Å². The number of fused-ring (bicyclic) bond motifs is 1. The molecule has 0 N–H and O–H groups in total. The molecular weight excluding hydrogens is 224 g/mol. The fourth-order valence-corrected chi connectivity index (χ4v) is 3.21. The van der Waals surface area contributed by atoms with Crippen LogP contribution in [0.5, 0.6) is 0 Å². The highest BCUT2D eigenvalue weighted by Crippen LogP contribution is 2.44. The predicted octanol–water partition coefficient (Wildman–Crippen LogP) is 4.35. The van der Waals surface area contributed by atoms with E-state index in [-0.39, 0.29) is 0 Å². The topological polar surface area (TPSA) is 0 Å². The van der Waals surface area contributed by atoms with Crippen LogP contribution in [0, 0.1) is 5.92 Å². The van der Waals surface area contributed by atoms with Crippen molar-refractivity contribution in [3.63, 3.8) is 0 Å². The van der Waals surface area contributed by atoms with E-state index in [1.807, 2.05) is 6.07 Å². The van der Waals surface area contributed by atoms with Crippen LogP contribution in [0.4, 0.5) is 0 Å². The molecule has 2 aliphatic carbocycles. The highest BCUT2D eigenvalue weighted by molar-refractivity contribution is 7.82. The second kappa shape index (κ2) is 3.78. The monoisotopic (exact) mass is 238 g/mol. The number of thiocarbonyl (C=S) groups is 1. The van der Waals surface area contributed by atoms with Gasteiger partial charge in [0.1, 0.15) is 0 Å². The maximum atomic E-state index is 5.63. The highest BCUT2D eigenvalue weighted by atomic mass is 32.1. The van der Waals surface area contributed by atoms with Crippen LogP contribution in [0.2, 0.25) is 0 Å². The normalized spacial score (nSPS) is 22.7. The van der Waals surface area contributed by atoms with Gasteiger partial charge in [-0.05, 0) is 30.6 Å². The van der Waals surface area contributed by atoms with Gasteiger partial charge in [-0.15, -0.1) is 0 Å². The number of hydrogen-bond donors (Lipinski definition) is 0. The van der Waals surface area contributed by atoms with Crippen LogP contribution in [0.15, 0.2) is 59.2 Å². The molecule has 0 radical (unpaired) electrons. The van der Waals surface area contributed by atoms with E-state index in [0.29, 0.717) is 5.92 Å².